The molecule has 4 nitrogen and oxygen atoms in total. The molecule has 138 valence electrons. The lowest BCUT2D eigenvalue weighted by molar-refractivity contribution is -0.0666. The number of ether oxygens (including phenoxy) is 1. The Morgan fingerprint density at radius 3 is 2.20 bits per heavy atom. The predicted octanol–water partition coefficient (Wildman–Crippen LogP) is 3.89. The number of hydrogen-bond acceptors (Lipinski definition) is 3. The van der Waals surface area contributed by atoms with Crippen molar-refractivity contribution in [2.75, 3.05) is 7.11 Å². The lowest BCUT2D eigenvalue weighted by atomic mass is 9.48. The molecular weight excluding hydrogens is 334 g/mol. The van der Waals surface area contributed by atoms with E-state index in [9.17, 15) is 8.42 Å². The molecule has 0 saturated heterocycles. The molecule has 0 spiro atoms. The van der Waals surface area contributed by atoms with Crippen molar-refractivity contribution in [3.05, 3.63) is 23.8 Å². The van der Waals surface area contributed by atoms with Gasteiger partial charge in [0.1, 0.15) is 10.6 Å². The molecule has 0 heterocycles. The van der Waals surface area contributed by atoms with E-state index in [0.717, 1.165) is 23.3 Å². The topological polar surface area (TPSA) is 55.4 Å². The van der Waals surface area contributed by atoms with Crippen LogP contribution in [-0.2, 0) is 10.0 Å². The van der Waals surface area contributed by atoms with Crippen LogP contribution >= 0.6 is 0 Å². The highest BCUT2D eigenvalue weighted by Crippen LogP contribution is 2.61. The van der Waals surface area contributed by atoms with Crippen molar-refractivity contribution < 1.29 is 13.2 Å². The Morgan fingerprint density at radius 2 is 1.68 bits per heavy atom. The van der Waals surface area contributed by atoms with E-state index in [1.54, 1.807) is 12.1 Å². The summed E-state index contributed by atoms with van der Waals surface area (Å²) in [6.07, 6.45) is 7.66. The first-order valence-corrected chi connectivity index (χ1v) is 11.0. The average Bonchev–Trinajstić information content (AvgIpc) is 2.53. The Labute approximate surface area is 151 Å². The third-order valence-electron chi connectivity index (χ3n) is 6.94. The maximum absolute atomic E-state index is 13.1. The highest BCUT2D eigenvalue weighted by atomic mass is 32.2. The molecule has 1 N–H and O–H groups in total. The van der Waals surface area contributed by atoms with Gasteiger partial charge < -0.3 is 4.74 Å². The molecule has 4 bridgehead atoms. The summed E-state index contributed by atoms with van der Waals surface area (Å²) in [6, 6.07) is 5.28. The minimum atomic E-state index is -3.59. The van der Waals surface area contributed by atoms with Gasteiger partial charge in [-0.25, -0.2) is 13.1 Å². The van der Waals surface area contributed by atoms with Gasteiger partial charge in [0.25, 0.3) is 0 Å². The van der Waals surface area contributed by atoms with Gasteiger partial charge in [0.2, 0.25) is 10.0 Å². The van der Waals surface area contributed by atoms with Gasteiger partial charge in [-0.15, -0.1) is 0 Å². The van der Waals surface area contributed by atoms with E-state index in [-0.39, 0.29) is 16.4 Å². The summed E-state index contributed by atoms with van der Waals surface area (Å²) in [5.41, 5.74) is 1.07. The molecule has 4 saturated carbocycles. The van der Waals surface area contributed by atoms with Crippen LogP contribution in [0.2, 0.25) is 0 Å². The molecule has 0 radical (unpaired) electrons. The smallest absolute Gasteiger partial charge is 0.244 e. The summed E-state index contributed by atoms with van der Waals surface area (Å²) >= 11 is 0. The third-order valence-corrected chi connectivity index (χ3v) is 8.51. The Hall–Kier alpha value is -1.07. The Kier molecular flexibility index (Phi) is 4.15. The number of hydrogen-bond donors (Lipinski definition) is 1. The minimum Gasteiger partial charge on any atom is -0.495 e. The number of nitrogens with one attached hydrogen (secondary N) is 1. The second kappa shape index (κ2) is 5.98. The number of benzene rings is 1. The van der Waals surface area contributed by atoms with E-state index in [1.165, 1.54) is 45.6 Å². The fourth-order valence-electron chi connectivity index (χ4n) is 6.12. The molecule has 1 aromatic carbocycles. The minimum absolute atomic E-state index is 0.0314. The van der Waals surface area contributed by atoms with Crippen molar-refractivity contribution in [2.24, 2.45) is 23.2 Å². The van der Waals surface area contributed by atoms with E-state index in [0.29, 0.717) is 5.75 Å². The Balaban J connectivity index is 1.60. The van der Waals surface area contributed by atoms with Gasteiger partial charge in [0, 0.05) is 6.04 Å². The van der Waals surface area contributed by atoms with E-state index < -0.39 is 10.0 Å². The van der Waals surface area contributed by atoms with Gasteiger partial charge in [-0.05, 0) is 93.2 Å². The van der Waals surface area contributed by atoms with Crippen LogP contribution in [0.3, 0.4) is 0 Å². The van der Waals surface area contributed by atoms with Gasteiger partial charge in [-0.1, -0.05) is 6.07 Å². The second-order valence-corrected chi connectivity index (χ2v) is 10.5. The molecule has 5 heteroatoms. The highest BCUT2D eigenvalue weighted by molar-refractivity contribution is 7.89. The zero-order valence-electron chi connectivity index (χ0n) is 15.4. The van der Waals surface area contributed by atoms with Crippen LogP contribution in [0.5, 0.6) is 5.75 Å². The van der Waals surface area contributed by atoms with E-state index in [4.69, 9.17) is 4.74 Å². The van der Waals surface area contributed by atoms with Crippen LogP contribution in [-0.4, -0.2) is 21.6 Å². The lowest BCUT2D eigenvalue weighted by Crippen LogP contribution is -2.55. The largest absolute Gasteiger partial charge is 0.495 e. The molecule has 0 unspecified atom stereocenters. The molecule has 1 atom stereocenters. The summed E-state index contributed by atoms with van der Waals surface area (Å²) in [5, 5.41) is 0. The van der Waals surface area contributed by atoms with Gasteiger partial charge in [-0.3, -0.25) is 0 Å². The monoisotopic (exact) mass is 363 g/mol. The first kappa shape index (κ1) is 17.3. The van der Waals surface area contributed by atoms with Gasteiger partial charge in [0.15, 0.2) is 0 Å². The van der Waals surface area contributed by atoms with Crippen LogP contribution in [0.4, 0.5) is 0 Å². The van der Waals surface area contributed by atoms with Crippen molar-refractivity contribution in [1.82, 2.24) is 4.72 Å². The van der Waals surface area contributed by atoms with Crippen molar-refractivity contribution in [3.63, 3.8) is 0 Å². The molecule has 1 aromatic rings. The van der Waals surface area contributed by atoms with Gasteiger partial charge in [-0.2, -0.15) is 0 Å². The molecule has 0 amide bonds. The summed E-state index contributed by atoms with van der Waals surface area (Å²) in [5.74, 6) is 2.85. The molecule has 5 rings (SSSR count). The molecule has 0 aromatic heterocycles. The molecule has 0 aliphatic heterocycles. The zero-order chi connectivity index (χ0) is 17.8. The first-order chi connectivity index (χ1) is 11.8. The normalized spacial score (nSPS) is 34.9. The molecule has 4 fully saturated rings. The van der Waals surface area contributed by atoms with Crippen LogP contribution in [0.25, 0.3) is 0 Å². The fourth-order valence-corrected chi connectivity index (χ4v) is 7.72. The quantitative estimate of drug-likeness (QED) is 0.863. The maximum atomic E-state index is 13.1. The lowest BCUT2D eigenvalue weighted by Gasteiger charge is -2.59. The van der Waals surface area contributed by atoms with Gasteiger partial charge >= 0.3 is 0 Å². The molecular formula is C20H29NO3S. The molecule has 4 aliphatic carbocycles. The van der Waals surface area contributed by atoms with Crippen molar-refractivity contribution in [2.45, 2.75) is 63.3 Å². The molecule has 4 aliphatic rings. The van der Waals surface area contributed by atoms with Crippen molar-refractivity contribution >= 4 is 10.0 Å². The highest BCUT2D eigenvalue weighted by Gasteiger charge is 2.53. The maximum Gasteiger partial charge on any atom is 0.244 e. The van der Waals surface area contributed by atoms with Crippen molar-refractivity contribution in [3.8, 4) is 5.75 Å². The summed E-state index contributed by atoms with van der Waals surface area (Å²) in [4.78, 5) is 0.256. The number of aryl methyl sites for hydroxylation is 1. The van der Waals surface area contributed by atoms with Crippen LogP contribution < -0.4 is 9.46 Å². The third kappa shape index (κ3) is 2.99. The first-order valence-electron chi connectivity index (χ1n) is 9.48. The van der Waals surface area contributed by atoms with E-state index in [2.05, 4.69) is 11.6 Å². The average molecular weight is 364 g/mol. The SMILES string of the molecule is COc1ccc(C)cc1S(=O)(=O)N[C@@H](C)C12CC3CC(CC(C3)C1)C2. The Morgan fingerprint density at radius 1 is 1.12 bits per heavy atom. The summed E-state index contributed by atoms with van der Waals surface area (Å²) in [7, 11) is -2.07. The van der Waals surface area contributed by atoms with E-state index >= 15 is 0 Å². The van der Waals surface area contributed by atoms with Crippen molar-refractivity contribution in [1.29, 1.82) is 0 Å². The van der Waals surface area contributed by atoms with Crippen LogP contribution in [0.15, 0.2) is 23.1 Å². The number of sulfonamides is 1. The number of rotatable bonds is 5. The summed E-state index contributed by atoms with van der Waals surface area (Å²) < 4.78 is 34.5. The predicted molar refractivity (Wildman–Crippen MR) is 98.1 cm³/mol. The second-order valence-electron chi connectivity index (χ2n) is 8.78. The zero-order valence-corrected chi connectivity index (χ0v) is 16.2. The Bertz CT molecular complexity index is 736. The number of methoxy groups -OCH3 is 1. The molecule has 25 heavy (non-hydrogen) atoms. The standard InChI is InChI=1S/C20H29NO3S/c1-13-4-5-18(24-3)19(6-13)25(22,23)21-14(2)20-10-15-7-16(11-20)9-17(8-15)12-20/h4-6,14-17,21H,7-12H2,1-3H3/t14-,15?,16?,17?,20?/m0/s1. The van der Waals surface area contributed by atoms with Crippen LogP contribution in [0.1, 0.15) is 51.0 Å². The fraction of sp³-hybridized carbons (Fsp3) is 0.700. The van der Waals surface area contributed by atoms with Crippen LogP contribution in [0, 0.1) is 30.1 Å². The van der Waals surface area contributed by atoms with Gasteiger partial charge in [0.05, 0.1) is 7.11 Å². The van der Waals surface area contributed by atoms with E-state index in [1.807, 2.05) is 13.0 Å². The summed E-state index contributed by atoms with van der Waals surface area (Å²) in [6.45, 7) is 3.98.